The van der Waals surface area contributed by atoms with Gasteiger partial charge in [-0.2, -0.15) is 10.2 Å². The van der Waals surface area contributed by atoms with Crippen LogP contribution in [0.4, 0.5) is 11.5 Å². The number of nitrogens with two attached hydrogens (primary N) is 1. The number of rotatable bonds is 6. The van der Waals surface area contributed by atoms with Gasteiger partial charge < -0.3 is 11.1 Å². The Morgan fingerprint density at radius 2 is 2.21 bits per heavy atom. The van der Waals surface area contributed by atoms with Crippen LogP contribution in [0.25, 0.3) is 0 Å². The van der Waals surface area contributed by atoms with Crippen LogP contribution in [0.5, 0.6) is 0 Å². The highest BCUT2D eigenvalue weighted by atomic mass is 15.3. The summed E-state index contributed by atoms with van der Waals surface area (Å²) in [6.07, 6.45) is 3.76. The minimum absolute atomic E-state index is 0.749. The number of anilines is 2. The van der Waals surface area contributed by atoms with E-state index in [1.54, 1.807) is 0 Å². The third kappa shape index (κ3) is 2.89. The molecule has 2 aromatic heterocycles. The molecule has 19 heavy (non-hydrogen) atoms. The second-order valence-electron chi connectivity index (χ2n) is 4.69. The zero-order valence-electron chi connectivity index (χ0n) is 11.8. The second kappa shape index (κ2) is 5.77. The summed E-state index contributed by atoms with van der Waals surface area (Å²) in [6, 6.07) is 2.03. The van der Waals surface area contributed by atoms with E-state index in [9.17, 15) is 0 Å². The second-order valence-corrected chi connectivity index (χ2v) is 4.69. The van der Waals surface area contributed by atoms with E-state index in [2.05, 4.69) is 22.4 Å². The van der Waals surface area contributed by atoms with Gasteiger partial charge in [0.25, 0.3) is 0 Å². The molecule has 0 aromatic carbocycles. The highest BCUT2D eigenvalue weighted by molar-refractivity contribution is 5.64. The molecular formula is C13H22N6. The SMILES string of the molecule is CCCn1nc(C)c(N)c1NCCc1ccnn1C. The third-order valence-corrected chi connectivity index (χ3v) is 3.21. The van der Waals surface area contributed by atoms with Crippen LogP contribution in [0.15, 0.2) is 12.3 Å². The summed E-state index contributed by atoms with van der Waals surface area (Å²) in [6.45, 7) is 5.77. The summed E-state index contributed by atoms with van der Waals surface area (Å²) >= 11 is 0. The summed E-state index contributed by atoms with van der Waals surface area (Å²) in [5.41, 5.74) is 8.89. The van der Waals surface area contributed by atoms with E-state index in [1.807, 2.05) is 35.6 Å². The lowest BCUT2D eigenvalue weighted by atomic mass is 10.3. The smallest absolute Gasteiger partial charge is 0.148 e. The molecule has 0 spiro atoms. The average molecular weight is 262 g/mol. The number of nitrogens with zero attached hydrogens (tertiary/aromatic N) is 4. The summed E-state index contributed by atoms with van der Waals surface area (Å²) in [4.78, 5) is 0. The number of nitrogens with one attached hydrogen (secondary N) is 1. The Bertz CT molecular complexity index is 539. The maximum absolute atomic E-state index is 6.06. The van der Waals surface area contributed by atoms with Crippen LogP contribution >= 0.6 is 0 Å². The average Bonchev–Trinajstić information content (AvgIpc) is 2.89. The monoisotopic (exact) mass is 262 g/mol. The van der Waals surface area contributed by atoms with Crippen molar-refractivity contribution in [1.29, 1.82) is 0 Å². The Hall–Kier alpha value is -1.98. The fourth-order valence-corrected chi connectivity index (χ4v) is 2.11. The summed E-state index contributed by atoms with van der Waals surface area (Å²) < 4.78 is 3.84. The predicted octanol–water partition coefficient (Wildman–Crippen LogP) is 1.57. The molecule has 0 saturated carbocycles. The molecule has 0 aliphatic rings. The van der Waals surface area contributed by atoms with Crippen molar-refractivity contribution >= 4 is 11.5 Å². The zero-order chi connectivity index (χ0) is 13.8. The van der Waals surface area contributed by atoms with E-state index >= 15 is 0 Å². The fraction of sp³-hybridized carbons (Fsp3) is 0.538. The van der Waals surface area contributed by atoms with Crippen molar-refractivity contribution in [2.24, 2.45) is 7.05 Å². The molecule has 2 aromatic rings. The van der Waals surface area contributed by atoms with Crippen LogP contribution in [0.3, 0.4) is 0 Å². The first-order valence-electron chi connectivity index (χ1n) is 6.67. The van der Waals surface area contributed by atoms with E-state index in [1.165, 1.54) is 5.69 Å². The number of nitrogen functional groups attached to an aromatic ring is 1. The first kappa shape index (κ1) is 13.5. The molecule has 0 atom stereocenters. The molecule has 3 N–H and O–H groups in total. The van der Waals surface area contributed by atoms with Crippen molar-refractivity contribution in [2.45, 2.75) is 33.2 Å². The lowest BCUT2D eigenvalue weighted by molar-refractivity contribution is 0.602. The topological polar surface area (TPSA) is 73.7 Å². The van der Waals surface area contributed by atoms with Crippen molar-refractivity contribution < 1.29 is 0 Å². The van der Waals surface area contributed by atoms with Gasteiger partial charge in [-0.3, -0.25) is 4.68 Å². The van der Waals surface area contributed by atoms with Gasteiger partial charge in [0.1, 0.15) is 5.82 Å². The normalized spacial score (nSPS) is 10.9. The van der Waals surface area contributed by atoms with Crippen LogP contribution in [0, 0.1) is 6.92 Å². The van der Waals surface area contributed by atoms with Crippen molar-refractivity contribution in [3.8, 4) is 0 Å². The van der Waals surface area contributed by atoms with E-state index in [0.29, 0.717) is 0 Å². The van der Waals surface area contributed by atoms with Gasteiger partial charge in [0, 0.05) is 38.4 Å². The van der Waals surface area contributed by atoms with Crippen molar-refractivity contribution in [3.63, 3.8) is 0 Å². The lowest BCUT2D eigenvalue weighted by Crippen LogP contribution is -2.13. The maximum atomic E-state index is 6.06. The lowest BCUT2D eigenvalue weighted by Gasteiger charge is -2.10. The molecule has 2 rings (SSSR count). The number of hydrogen-bond acceptors (Lipinski definition) is 4. The molecule has 0 amide bonds. The van der Waals surface area contributed by atoms with Gasteiger partial charge in [-0.1, -0.05) is 6.92 Å². The molecule has 6 heteroatoms. The third-order valence-electron chi connectivity index (χ3n) is 3.21. The minimum atomic E-state index is 0.749. The van der Waals surface area contributed by atoms with Gasteiger partial charge in [0.2, 0.25) is 0 Å². The predicted molar refractivity (Wildman–Crippen MR) is 77.1 cm³/mol. The van der Waals surface area contributed by atoms with Crippen LogP contribution < -0.4 is 11.1 Å². The molecule has 2 heterocycles. The molecule has 104 valence electrons. The Morgan fingerprint density at radius 1 is 1.42 bits per heavy atom. The first-order valence-corrected chi connectivity index (χ1v) is 6.67. The molecule has 0 aliphatic heterocycles. The Labute approximate surface area is 113 Å². The molecule has 0 radical (unpaired) electrons. The van der Waals surface area contributed by atoms with Crippen LogP contribution in [-0.4, -0.2) is 26.1 Å². The van der Waals surface area contributed by atoms with Gasteiger partial charge in [-0.15, -0.1) is 0 Å². The Balaban J connectivity index is 2.01. The molecule has 0 aliphatic carbocycles. The summed E-state index contributed by atoms with van der Waals surface area (Å²) in [5, 5.41) is 12.0. The fourth-order valence-electron chi connectivity index (χ4n) is 2.11. The van der Waals surface area contributed by atoms with Gasteiger partial charge in [-0.05, 0) is 19.4 Å². The van der Waals surface area contributed by atoms with E-state index in [0.717, 1.165) is 43.1 Å². The largest absolute Gasteiger partial charge is 0.394 e. The minimum Gasteiger partial charge on any atom is -0.394 e. The molecule has 0 unspecified atom stereocenters. The van der Waals surface area contributed by atoms with E-state index < -0.39 is 0 Å². The highest BCUT2D eigenvalue weighted by Crippen LogP contribution is 2.22. The quantitative estimate of drug-likeness (QED) is 0.828. The highest BCUT2D eigenvalue weighted by Gasteiger charge is 2.11. The Kier molecular flexibility index (Phi) is 4.09. The number of aromatic nitrogens is 4. The van der Waals surface area contributed by atoms with Crippen LogP contribution in [-0.2, 0) is 20.0 Å². The Morgan fingerprint density at radius 3 is 2.84 bits per heavy atom. The van der Waals surface area contributed by atoms with Gasteiger partial charge in [0.15, 0.2) is 0 Å². The maximum Gasteiger partial charge on any atom is 0.148 e. The summed E-state index contributed by atoms with van der Waals surface area (Å²) in [5.74, 6) is 0.932. The van der Waals surface area contributed by atoms with Crippen LogP contribution in [0.2, 0.25) is 0 Å². The van der Waals surface area contributed by atoms with Gasteiger partial charge in [-0.25, -0.2) is 4.68 Å². The standard InChI is InChI=1S/C13H22N6/c1-4-9-19-13(12(14)10(2)17-19)15-7-5-11-6-8-16-18(11)3/h6,8,15H,4-5,7,9,14H2,1-3H3. The molecule has 0 saturated heterocycles. The molecule has 6 nitrogen and oxygen atoms in total. The van der Waals surface area contributed by atoms with E-state index in [-0.39, 0.29) is 0 Å². The first-order chi connectivity index (χ1) is 9.13. The van der Waals surface area contributed by atoms with Gasteiger partial charge in [0.05, 0.1) is 11.4 Å². The molecule has 0 bridgehead atoms. The number of hydrogen-bond donors (Lipinski definition) is 2. The number of aryl methyl sites for hydroxylation is 3. The van der Waals surface area contributed by atoms with Gasteiger partial charge >= 0.3 is 0 Å². The van der Waals surface area contributed by atoms with Crippen LogP contribution in [0.1, 0.15) is 24.7 Å². The van der Waals surface area contributed by atoms with Crippen molar-refractivity contribution in [3.05, 3.63) is 23.7 Å². The zero-order valence-corrected chi connectivity index (χ0v) is 11.8. The van der Waals surface area contributed by atoms with Crippen molar-refractivity contribution in [1.82, 2.24) is 19.6 Å². The molecule has 0 fully saturated rings. The van der Waals surface area contributed by atoms with E-state index in [4.69, 9.17) is 5.73 Å². The molecular weight excluding hydrogens is 240 g/mol. The van der Waals surface area contributed by atoms with Crippen molar-refractivity contribution in [2.75, 3.05) is 17.6 Å². The summed E-state index contributed by atoms with van der Waals surface area (Å²) in [7, 11) is 1.95.